The van der Waals surface area contributed by atoms with Crippen molar-refractivity contribution in [2.45, 2.75) is 0 Å². The van der Waals surface area contributed by atoms with E-state index in [0.717, 1.165) is 17.6 Å². The lowest BCUT2D eigenvalue weighted by atomic mass is 10.1. The fourth-order valence-electron chi connectivity index (χ4n) is 1.63. The Morgan fingerprint density at radius 2 is 2.00 bits per heavy atom. The van der Waals surface area contributed by atoms with Crippen LogP contribution in [0.3, 0.4) is 0 Å². The Hall–Kier alpha value is -1.89. The second-order valence-corrected chi connectivity index (χ2v) is 6.51. The van der Waals surface area contributed by atoms with Gasteiger partial charge in [-0.1, -0.05) is 23.2 Å². The summed E-state index contributed by atoms with van der Waals surface area (Å²) in [4.78, 5) is 15.9. The van der Waals surface area contributed by atoms with Gasteiger partial charge in [0.2, 0.25) is 0 Å². The zero-order chi connectivity index (χ0) is 17.0. The minimum absolute atomic E-state index is 0.201. The minimum atomic E-state index is -0.799. The normalized spacial score (nSPS) is 12.3. The topological polar surface area (TPSA) is 58.9 Å². The number of thiophene rings is 1. The SMILES string of the molecule is COC(=O)/C(C=Nc1ccc(F)cc1)=C(\O)c1cc(Cl)sc1Cl. The fraction of sp³-hybridized carbons (Fsp3) is 0.0667. The van der Waals surface area contributed by atoms with Gasteiger partial charge in [-0.05, 0) is 30.3 Å². The molecule has 8 heteroatoms. The molecule has 4 nitrogen and oxygen atoms in total. The van der Waals surface area contributed by atoms with Crippen LogP contribution in [0.5, 0.6) is 0 Å². The lowest BCUT2D eigenvalue weighted by Crippen LogP contribution is -2.08. The molecule has 2 rings (SSSR count). The number of benzene rings is 1. The molecule has 1 N–H and O–H groups in total. The van der Waals surface area contributed by atoms with Gasteiger partial charge in [0.15, 0.2) is 0 Å². The van der Waals surface area contributed by atoms with E-state index in [2.05, 4.69) is 9.73 Å². The largest absolute Gasteiger partial charge is 0.506 e. The number of rotatable bonds is 4. The molecule has 0 aliphatic carbocycles. The Balaban J connectivity index is 2.44. The van der Waals surface area contributed by atoms with Crippen molar-refractivity contribution in [3.63, 3.8) is 0 Å². The highest BCUT2D eigenvalue weighted by Gasteiger charge is 2.19. The van der Waals surface area contributed by atoms with Gasteiger partial charge in [0.25, 0.3) is 0 Å². The summed E-state index contributed by atoms with van der Waals surface area (Å²) in [5.74, 6) is -1.61. The van der Waals surface area contributed by atoms with Crippen LogP contribution in [-0.2, 0) is 9.53 Å². The van der Waals surface area contributed by atoms with Gasteiger partial charge in [-0.25, -0.2) is 9.18 Å². The molecule has 120 valence electrons. The molecule has 0 unspecified atom stereocenters. The van der Waals surface area contributed by atoms with E-state index >= 15 is 0 Å². The van der Waals surface area contributed by atoms with Crippen molar-refractivity contribution in [2.24, 2.45) is 4.99 Å². The Kier molecular flexibility index (Phi) is 5.76. The maximum absolute atomic E-state index is 12.9. The first-order chi connectivity index (χ1) is 10.9. The number of carbonyl (C=O) groups excluding carboxylic acids is 1. The predicted octanol–water partition coefficient (Wildman–Crippen LogP) is 5.04. The number of ether oxygens (including phenoxy) is 1. The number of hydrogen-bond acceptors (Lipinski definition) is 5. The number of methoxy groups -OCH3 is 1. The molecule has 0 saturated carbocycles. The first-order valence-electron chi connectivity index (χ1n) is 6.18. The van der Waals surface area contributed by atoms with Crippen LogP contribution in [0.25, 0.3) is 5.76 Å². The summed E-state index contributed by atoms with van der Waals surface area (Å²) >= 11 is 12.8. The van der Waals surface area contributed by atoms with Gasteiger partial charge in [0, 0.05) is 11.8 Å². The van der Waals surface area contributed by atoms with Crippen molar-refractivity contribution in [1.29, 1.82) is 0 Å². The number of aliphatic imine (C=N–C) groups is 1. The molecule has 0 amide bonds. The first-order valence-corrected chi connectivity index (χ1v) is 7.76. The number of aliphatic hydroxyl groups excluding tert-OH is 1. The molecule has 0 atom stereocenters. The monoisotopic (exact) mass is 373 g/mol. The Morgan fingerprint density at radius 3 is 2.52 bits per heavy atom. The lowest BCUT2D eigenvalue weighted by Gasteiger charge is -2.04. The number of halogens is 3. The number of esters is 1. The van der Waals surface area contributed by atoms with Gasteiger partial charge < -0.3 is 9.84 Å². The third kappa shape index (κ3) is 4.31. The van der Waals surface area contributed by atoms with Gasteiger partial charge in [0.1, 0.15) is 21.5 Å². The van der Waals surface area contributed by atoms with E-state index < -0.39 is 17.5 Å². The van der Waals surface area contributed by atoms with Crippen molar-refractivity contribution < 1.29 is 19.0 Å². The molecule has 1 aromatic heterocycles. The lowest BCUT2D eigenvalue weighted by molar-refractivity contribution is -0.135. The highest BCUT2D eigenvalue weighted by atomic mass is 35.5. The number of aliphatic hydroxyl groups is 1. The van der Waals surface area contributed by atoms with Crippen molar-refractivity contribution >= 4 is 58.2 Å². The predicted molar refractivity (Wildman–Crippen MR) is 90.5 cm³/mol. The van der Waals surface area contributed by atoms with Crippen molar-refractivity contribution in [2.75, 3.05) is 7.11 Å². The number of hydrogen-bond donors (Lipinski definition) is 1. The van der Waals surface area contributed by atoms with E-state index in [0.29, 0.717) is 10.0 Å². The third-order valence-corrected chi connectivity index (χ3v) is 4.23. The van der Waals surface area contributed by atoms with E-state index in [1.54, 1.807) is 0 Å². The van der Waals surface area contributed by atoms with Crippen molar-refractivity contribution in [1.82, 2.24) is 0 Å². The van der Waals surface area contributed by atoms with E-state index in [4.69, 9.17) is 23.2 Å². The average molecular weight is 374 g/mol. The quantitative estimate of drug-likeness (QED) is 0.353. The summed E-state index contributed by atoms with van der Waals surface area (Å²) in [6, 6.07) is 6.73. The molecular weight excluding hydrogens is 364 g/mol. The zero-order valence-electron chi connectivity index (χ0n) is 11.7. The Morgan fingerprint density at radius 1 is 1.35 bits per heavy atom. The van der Waals surface area contributed by atoms with E-state index in [1.807, 2.05) is 0 Å². The van der Waals surface area contributed by atoms with Gasteiger partial charge >= 0.3 is 5.97 Å². The van der Waals surface area contributed by atoms with Gasteiger partial charge in [0.05, 0.1) is 17.1 Å². The molecule has 23 heavy (non-hydrogen) atoms. The minimum Gasteiger partial charge on any atom is -0.506 e. The highest BCUT2D eigenvalue weighted by molar-refractivity contribution is 7.20. The summed E-state index contributed by atoms with van der Waals surface area (Å²) in [6.45, 7) is 0. The first kappa shape index (κ1) is 17.5. The maximum atomic E-state index is 12.9. The summed E-state index contributed by atoms with van der Waals surface area (Å²) in [6.07, 6.45) is 1.12. The van der Waals surface area contributed by atoms with E-state index in [1.165, 1.54) is 37.4 Å². The van der Waals surface area contributed by atoms with Crippen LogP contribution < -0.4 is 0 Å². The molecule has 1 heterocycles. The van der Waals surface area contributed by atoms with Gasteiger partial charge in [-0.2, -0.15) is 0 Å². The van der Waals surface area contributed by atoms with Crippen molar-refractivity contribution in [3.8, 4) is 0 Å². The molecule has 0 aliphatic rings. The van der Waals surface area contributed by atoms with E-state index in [-0.39, 0.29) is 15.5 Å². The Bertz CT molecular complexity index is 785. The van der Waals surface area contributed by atoms with Gasteiger partial charge in [-0.3, -0.25) is 4.99 Å². The highest BCUT2D eigenvalue weighted by Crippen LogP contribution is 2.35. The number of carbonyl (C=O) groups is 1. The van der Waals surface area contributed by atoms with Crippen LogP contribution in [0, 0.1) is 5.82 Å². The second kappa shape index (κ2) is 7.59. The number of nitrogens with zero attached hydrogens (tertiary/aromatic N) is 1. The smallest absolute Gasteiger partial charge is 0.343 e. The molecule has 0 bridgehead atoms. The molecule has 0 saturated heterocycles. The molecule has 1 aromatic carbocycles. The van der Waals surface area contributed by atoms with Crippen LogP contribution in [-0.4, -0.2) is 24.4 Å². The van der Waals surface area contributed by atoms with E-state index in [9.17, 15) is 14.3 Å². The summed E-state index contributed by atoms with van der Waals surface area (Å²) in [5.41, 5.74) is 0.399. The molecule has 0 aliphatic heterocycles. The Labute approximate surface area is 145 Å². The molecule has 0 fully saturated rings. The van der Waals surface area contributed by atoms with Crippen LogP contribution in [0.4, 0.5) is 10.1 Å². The fourth-order valence-corrected chi connectivity index (χ4v) is 3.10. The van der Waals surface area contributed by atoms with Crippen LogP contribution in [0.1, 0.15) is 5.56 Å². The summed E-state index contributed by atoms with van der Waals surface area (Å²) < 4.78 is 18.1. The summed E-state index contributed by atoms with van der Waals surface area (Å²) in [5, 5.41) is 10.3. The zero-order valence-corrected chi connectivity index (χ0v) is 14.0. The van der Waals surface area contributed by atoms with Crippen LogP contribution in [0.2, 0.25) is 8.67 Å². The van der Waals surface area contributed by atoms with Gasteiger partial charge in [-0.15, -0.1) is 11.3 Å². The second-order valence-electron chi connectivity index (χ2n) is 4.23. The molecule has 0 spiro atoms. The van der Waals surface area contributed by atoms with Crippen LogP contribution in [0.15, 0.2) is 40.9 Å². The molecular formula is C15H10Cl2FNO3S. The average Bonchev–Trinajstić information content (AvgIpc) is 2.87. The van der Waals surface area contributed by atoms with Crippen LogP contribution >= 0.6 is 34.5 Å². The standard InChI is InChI=1S/C15H10Cl2FNO3S/c1-22-15(21)11(7-19-9-4-2-8(18)3-5-9)13(20)10-6-12(16)23-14(10)17/h2-7,20H,1H3/b13-11-,19-7?. The summed E-state index contributed by atoms with van der Waals surface area (Å²) in [7, 11) is 1.17. The molecule has 0 radical (unpaired) electrons. The maximum Gasteiger partial charge on any atom is 0.343 e. The third-order valence-electron chi connectivity index (χ3n) is 2.74. The molecule has 2 aromatic rings. The van der Waals surface area contributed by atoms with Crippen molar-refractivity contribution in [3.05, 3.63) is 56.0 Å².